The molecule has 1 fully saturated rings. The lowest BCUT2D eigenvalue weighted by atomic mass is 10.2. The van der Waals surface area contributed by atoms with E-state index in [4.69, 9.17) is 9.47 Å². The van der Waals surface area contributed by atoms with E-state index in [0.29, 0.717) is 12.2 Å². The van der Waals surface area contributed by atoms with Crippen LogP contribution in [0.2, 0.25) is 0 Å². The molecule has 0 radical (unpaired) electrons. The molecule has 1 amide bonds. The number of benzene rings is 1. The third kappa shape index (κ3) is 4.57. The second kappa shape index (κ2) is 6.93. The molecule has 2 rings (SSSR count). The van der Waals surface area contributed by atoms with Crippen molar-refractivity contribution in [2.75, 3.05) is 6.61 Å². The van der Waals surface area contributed by atoms with E-state index in [9.17, 15) is 9.59 Å². The Morgan fingerprint density at radius 2 is 2.00 bits per heavy atom. The van der Waals surface area contributed by atoms with Gasteiger partial charge in [0.1, 0.15) is 5.75 Å². The monoisotopic (exact) mass is 277 g/mol. The van der Waals surface area contributed by atoms with Crippen molar-refractivity contribution in [1.82, 2.24) is 5.32 Å². The van der Waals surface area contributed by atoms with Crippen molar-refractivity contribution in [3.05, 3.63) is 30.3 Å². The van der Waals surface area contributed by atoms with E-state index in [2.05, 4.69) is 5.32 Å². The predicted molar refractivity (Wildman–Crippen MR) is 73.3 cm³/mol. The number of carbonyl (C=O) groups is 2. The molecule has 1 saturated carbocycles. The highest BCUT2D eigenvalue weighted by Crippen LogP contribution is 2.18. The lowest BCUT2D eigenvalue weighted by Crippen LogP contribution is -2.34. The van der Waals surface area contributed by atoms with E-state index in [0.717, 1.165) is 12.8 Å². The number of carbonyl (C=O) groups excluding carboxylic acids is 2. The first kappa shape index (κ1) is 14.4. The molecule has 1 aliphatic rings. The average molecular weight is 277 g/mol. The van der Waals surface area contributed by atoms with Gasteiger partial charge in [-0.3, -0.25) is 4.79 Å². The lowest BCUT2D eigenvalue weighted by Gasteiger charge is -2.16. The van der Waals surface area contributed by atoms with Crippen molar-refractivity contribution in [2.24, 2.45) is 0 Å². The number of hydrogen-bond donors (Lipinski definition) is 1. The number of esters is 1. The maximum atomic E-state index is 11.9. The highest BCUT2D eigenvalue weighted by Gasteiger charge is 2.25. The Morgan fingerprint density at radius 3 is 2.60 bits per heavy atom. The lowest BCUT2D eigenvalue weighted by molar-refractivity contribution is -0.155. The number of rotatable bonds is 7. The molecule has 20 heavy (non-hydrogen) atoms. The van der Waals surface area contributed by atoms with Crippen LogP contribution in [0.5, 0.6) is 5.75 Å². The summed E-state index contributed by atoms with van der Waals surface area (Å²) in [4.78, 5) is 23.3. The van der Waals surface area contributed by atoms with Gasteiger partial charge in [0, 0.05) is 6.04 Å². The molecule has 0 bridgehead atoms. The smallest absolute Gasteiger partial charge is 0.347 e. The summed E-state index contributed by atoms with van der Waals surface area (Å²) in [6, 6.07) is 9.34. The summed E-state index contributed by atoms with van der Waals surface area (Å²) in [5.41, 5.74) is 0. The van der Waals surface area contributed by atoms with Gasteiger partial charge in [0.05, 0.1) is 0 Å². The minimum atomic E-state index is -0.689. The van der Waals surface area contributed by atoms with Crippen LogP contribution in [0.3, 0.4) is 0 Å². The van der Waals surface area contributed by atoms with Crippen molar-refractivity contribution >= 4 is 11.9 Å². The van der Waals surface area contributed by atoms with E-state index >= 15 is 0 Å². The van der Waals surface area contributed by atoms with E-state index < -0.39 is 12.1 Å². The van der Waals surface area contributed by atoms with Crippen LogP contribution in [0, 0.1) is 0 Å². The maximum Gasteiger partial charge on any atom is 0.347 e. The fourth-order valence-corrected chi connectivity index (χ4v) is 1.69. The number of amides is 1. The van der Waals surface area contributed by atoms with E-state index in [1.165, 1.54) is 0 Å². The van der Waals surface area contributed by atoms with Crippen LogP contribution in [-0.4, -0.2) is 30.6 Å². The summed E-state index contributed by atoms with van der Waals surface area (Å²) in [5.74, 6) is -0.156. The molecule has 0 spiro atoms. The molecule has 0 unspecified atom stereocenters. The Hall–Kier alpha value is -2.04. The van der Waals surface area contributed by atoms with Crippen LogP contribution in [0.15, 0.2) is 30.3 Å². The Balaban J connectivity index is 1.77. The summed E-state index contributed by atoms with van der Waals surface area (Å²) in [5, 5.41) is 2.76. The molecule has 5 nitrogen and oxygen atoms in total. The molecular formula is C15H19NO4. The van der Waals surface area contributed by atoms with Gasteiger partial charge in [-0.2, -0.15) is 0 Å². The first-order valence-corrected chi connectivity index (χ1v) is 6.86. The van der Waals surface area contributed by atoms with E-state index in [1.807, 2.05) is 25.1 Å². The summed E-state index contributed by atoms with van der Waals surface area (Å²) < 4.78 is 10.5. The van der Waals surface area contributed by atoms with Crippen LogP contribution in [0.25, 0.3) is 0 Å². The number of hydrogen-bond acceptors (Lipinski definition) is 4. The average Bonchev–Trinajstić information content (AvgIpc) is 3.27. The topological polar surface area (TPSA) is 64.6 Å². The SMILES string of the molecule is CC[C@H](Oc1ccccc1)C(=O)OCC(=O)NC1CC1. The summed E-state index contributed by atoms with van der Waals surface area (Å²) in [6.45, 7) is 1.59. The summed E-state index contributed by atoms with van der Waals surface area (Å²) >= 11 is 0. The highest BCUT2D eigenvalue weighted by atomic mass is 16.6. The van der Waals surface area contributed by atoms with Gasteiger partial charge in [-0.05, 0) is 31.4 Å². The first-order chi connectivity index (χ1) is 9.69. The zero-order valence-corrected chi connectivity index (χ0v) is 11.5. The van der Waals surface area contributed by atoms with Gasteiger partial charge in [0.15, 0.2) is 12.7 Å². The second-order valence-corrected chi connectivity index (χ2v) is 4.78. The van der Waals surface area contributed by atoms with Crippen molar-refractivity contribution in [1.29, 1.82) is 0 Å². The van der Waals surface area contributed by atoms with Gasteiger partial charge in [-0.15, -0.1) is 0 Å². The predicted octanol–water partition coefficient (Wildman–Crippen LogP) is 1.67. The molecule has 0 aromatic heterocycles. The normalized spacial score (nSPS) is 15.2. The molecule has 0 saturated heterocycles. The maximum absolute atomic E-state index is 11.9. The number of para-hydroxylation sites is 1. The van der Waals surface area contributed by atoms with E-state index in [1.54, 1.807) is 12.1 Å². The zero-order chi connectivity index (χ0) is 14.4. The fourth-order valence-electron chi connectivity index (χ4n) is 1.69. The van der Waals surface area contributed by atoms with Crippen LogP contribution < -0.4 is 10.1 Å². The molecule has 0 heterocycles. The van der Waals surface area contributed by atoms with Crippen molar-refractivity contribution in [3.8, 4) is 5.75 Å². The van der Waals surface area contributed by atoms with Crippen LogP contribution in [0.1, 0.15) is 26.2 Å². The number of ether oxygens (including phenoxy) is 2. The Kier molecular flexibility index (Phi) is 4.98. The van der Waals surface area contributed by atoms with Crippen molar-refractivity contribution in [3.63, 3.8) is 0 Å². The third-order valence-electron chi connectivity index (χ3n) is 2.94. The minimum Gasteiger partial charge on any atom is -0.479 e. The minimum absolute atomic E-state index is 0.246. The largest absolute Gasteiger partial charge is 0.479 e. The van der Waals surface area contributed by atoms with Gasteiger partial charge in [-0.25, -0.2) is 4.79 Å². The van der Waals surface area contributed by atoms with Gasteiger partial charge < -0.3 is 14.8 Å². The van der Waals surface area contributed by atoms with Crippen molar-refractivity contribution < 1.29 is 19.1 Å². The quantitative estimate of drug-likeness (QED) is 0.770. The van der Waals surface area contributed by atoms with Crippen LogP contribution in [-0.2, 0) is 14.3 Å². The molecule has 1 aliphatic carbocycles. The number of nitrogens with one attached hydrogen (secondary N) is 1. The molecule has 1 aromatic carbocycles. The van der Waals surface area contributed by atoms with Gasteiger partial charge in [0.25, 0.3) is 5.91 Å². The molecule has 1 atom stereocenters. The third-order valence-corrected chi connectivity index (χ3v) is 2.94. The molecule has 0 aliphatic heterocycles. The Labute approximate surface area is 118 Å². The van der Waals surface area contributed by atoms with Gasteiger partial charge >= 0.3 is 5.97 Å². The molecular weight excluding hydrogens is 258 g/mol. The Bertz CT molecular complexity index is 456. The fraction of sp³-hybridized carbons (Fsp3) is 0.467. The molecule has 1 aromatic rings. The zero-order valence-electron chi connectivity index (χ0n) is 11.5. The van der Waals surface area contributed by atoms with Gasteiger partial charge in [0.2, 0.25) is 0 Å². The molecule has 1 N–H and O–H groups in total. The van der Waals surface area contributed by atoms with E-state index in [-0.39, 0.29) is 18.6 Å². The van der Waals surface area contributed by atoms with Crippen LogP contribution in [0.4, 0.5) is 0 Å². The van der Waals surface area contributed by atoms with Crippen LogP contribution >= 0.6 is 0 Å². The first-order valence-electron chi connectivity index (χ1n) is 6.86. The summed E-state index contributed by atoms with van der Waals surface area (Å²) in [6.07, 6.45) is 1.81. The van der Waals surface area contributed by atoms with Crippen molar-refractivity contribution in [2.45, 2.75) is 38.3 Å². The summed E-state index contributed by atoms with van der Waals surface area (Å²) in [7, 11) is 0. The molecule has 108 valence electrons. The van der Waals surface area contributed by atoms with Gasteiger partial charge in [-0.1, -0.05) is 25.1 Å². The Morgan fingerprint density at radius 1 is 1.30 bits per heavy atom. The second-order valence-electron chi connectivity index (χ2n) is 4.78. The molecule has 5 heteroatoms. The highest BCUT2D eigenvalue weighted by molar-refractivity contribution is 5.82. The standard InChI is InChI=1S/C15H19NO4/c1-2-13(20-12-6-4-3-5-7-12)15(18)19-10-14(17)16-11-8-9-11/h3-7,11,13H,2,8-10H2,1H3,(H,16,17)/t13-/m0/s1.